The Labute approximate surface area is 170 Å². The number of nitrogens with one attached hydrogen (secondary N) is 1. The van der Waals surface area contributed by atoms with Crippen LogP contribution in [0.5, 0.6) is 0 Å². The number of nitro groups is 1. The van der Waals surface area contributed by atoms with Crippen LogP contribution in [0.2, 0.25) is 0 Å². The summed E-state index contributed by atoms with van der Waals surface area (Å²) in [6.07, 6.45) is 2.24. The Bertz CT molecular complexity index is 985. The highest BCUT2D eigenvalue weighted by molar-refractivity contribution is 7.90. The third kappa shape index (κ3) is 5.31. The Morgan fingerprint density at radius 2 is 1.79 bits per heavy atom. The number of hydrogen-bond donors (Lipinski definition) is 2. The monoisotopic (exact) mass is 419 g/mol. The summed E-state index contributed by atoms with van der Waals surface area (Å²) in [6.45, 7) is 2.71. The minimum Gasteiger partial charge on any atom is -0.393 e. The van der Waals surface area contributed by atoms with Crippen LogP contribution in [0.3, 0.4) is 0 Å². The molecule has 0 atom stereocenters. The molecule has 0 amide bonds. The molecular formula is C20H25N3O5S. The number of nitrogens with zero attached hydrogens (tertiary/aromatic N) is 2. The number of nitro benzene ring substituents is 1. The Balaban J connectivity index is 1.80. The van der Waals surface area contributed by atoms with Gasteiger partial charge in [0.15, 0.2) is 9.84 Å². The molecule has 0 unspecified atom stereocenters. The van der Waals surface area contributed by atoms with E-state index in [0.29, 0.717) is 6.54 Å². The van der Waals surface area contributed by atoms with Gasteiger partial charge >= 0.3 is 5.69 Å². The zero-order chi connectivity index (χ0) is 21.0. The molecule has 0 aliphatic carbocycles. The molecule has 0 bridgehead atoms. The van der Waals surface area contributed by atoms with E-state index >= 15 is 0 Å². The third-order valence-corrected chi connectivity index (χ3v) is 6.25. The summed E-state index contributed by atoms with van der Waals surface area (Å²) < 4.78 is 23.9. The number of piperidine rings is 1. The summed E-state index contributed by atoms with van der Waals surface area (Å²) in [7, 11) is -3.72. The molecule has 1 fully saturated rings. The zero-order valence-electron chi connectivity index (χ0n) is 16.2. The number of anilines is 1. The van der Waals surface area contributed by atoms with Crippen molar-refractivity contribution in [2.45, 2.75) is 36.9 Å². The molecule has 0 saturated carbocycles. The number of benzene rings is 2. The van der Waals surface area contributed by atoms with Crippen LogP contribution in [0.1, 0.15) is 24.0 Å². The Morgan fingerprint density at radius 3 is 2.41 bits per heavy atom. The van der Waals surface area contributed by atoms with Gasteiger partial charge in [-0.1, -0.05) is 30.3 Å². The van der Waals surface area contributed by atoms with Crippen LogP contribution in [-0.4, -0.2) is 48.8 Å². The topological polar surface area (TPSA) is 113 Å². The van der Waals surface area contributed by atoms with Gasteiger partial charge in [-0.3, -0.25) is 15.0 Å². The molecule has 2 aromatic rings. The van der Waals surface area contributed by atoms with E-state index in [4.69, 9.17) is 0 Å². The molecule has 8 nitrogen and oxygen atoms in total. The average Bonchev–Trinajstić information content (AvgIpc) is 2.68. The normalized spacial score (nSPS) is 15.9. The number of aliphatic hydroxyl groups excluding tert-OH is 1. The fraction of sp³-hybridized carbons (Fsp3) is 0.400. The van der Waals surface area contributed by atoms with Crippen molar-refractivity contribution in [1.82, 2.24) is 4.90 Å². The van der Waals surface area contributed by atoms with Gasteiger partial charge in [0.1, 0.15) is 10.6 Å². The maximum absolute atomic E-state index is 11.9. The molecule has 1 aliphatic rings. The average molecular weight is 420 g/mol. The molecule has 156 valence electrons. The van der Waals surface area contributed by atoms with Gasteiger partial charge in [-0.2, -0.15) is 0 Å². The van der Waals surface area contributed by atoms with Gasteiger partial charge in [-0.15, -0.1) is 0 Å². The summed E-state index contributed by atoms with van der Waals surface area (Å²) in [5, 5.41) is 24.2. The maximum Gasteiger partial charge on any atom is 0.310 e. The molecule has 3 rings (SSSR count). The van der Waals surface area contributed by atoms with E-state index in [1.54, 1.807) is 0 Å². The molecule has 9 heteroatoms. The number of likely N-dealkylation sites (tertiary alicyclic amines) is 1. The van der Waals surface area contributed by atoms with Gasteiger partial charge < -0.3 is 10.4 Å². The Kier molecular flexibility index (Phi) is 6.51. The highest BCUT2D eigenvalue weighted by atomic mass is 32.2. The number of sulfone groups is 1. The summed E-state index contributed by atoms with van der Waals surface area (Å²) in [5.41, 5.74) is 1.82. The number of rotatable bonds is 7. The number of hydrogen-bond acceptors (Lipinski definition) is 7. The van der Waals surface area contributed by atoms with Crippen LogP contribution in [-0.2, 0) is 22.9 Å². The lowest BCUT2D eigenvalue weighted by molar-refractivity contribution is -0.386. The van der Waals surface area contributed by atoms with Crippen LogP contribution >= 0.6 is 0 Å². The SMILES string of the molecule is CS(=O)(=O)c1cccc(NCc2ccccc2CN2CCC(O)CC2)c1[N+](=O)[O-]. The van der Waals surface area contributed by atoms with Crippen molar-refractivity contribution >= 4 is 21.2 Å². The second kappa shape index (κ2) is 8.89. The van der Waals surface area contributed by atoms with Gasteiger partial charge in [0.05, 0.1) is 11.0 Å². The lowest BCUT2D eigenvalue weighted by atomic mass is 10.0. The highest BCUT2D eigenvalue weighted by Gasteiger charge is 2.26. The lowest BCUT2D eigenvalue weighted by Crippen LogP contribution is -2.35. The van der Waals surface area contributed by atoms with Gasteiger partial charge in [0.25, 0.3) is 0 Å². The third-order valence-electron chi connectivity index (χ3n) is 5.12. The molecule has 1 saturated heterocycles. The standard InChI is InChI=1S/C20H25N3O5S/c1-29(27,28)19-8-4-7-18(20(19)23(25)26)21-13-15-5-2-3-6-16(15)14-22-11-9-17(24)10-12-22/h2-8,17,21,24H,9-14H2,1H3. The van der Waals surface area contributed by atoms with Crippen molar-refractivity contribution in [3.63, 3.8) is 0 Å². The Morgan fingerprint density at radius 1 is 1.14 bits per heavy atom. The summed E-state index contributed by atoms with van der Waals surface area (Å²) in [6, 6.07) is 12.1. The van der Waals surface area contributed by atoms with Crippen molar-refractivity contribution in [3.8, 4) is 0 Å². The van der Waals surface area contributed by atoms with E-state index in [-0.39, 0.29) is 16.7 Å². The van der Waals surface area contributed by atoms with E-state index in [2.05, 4.69) is 10.2 Å². The number of para-hydroxylation sites is 1. The van der Waals surface area contributed by atoms with E-state index in [1.807, 2.05) is 24.3 Å². The van der Waals surface area contributed by atoms with Crippen LogP contribution in [0.15, 0.2) is 47.4 Å². The fourth-order valence-corrected chi connectivity index (χ4v) is 4.41. The first-order chi connectivity index (χ1) is 13.8. The molecule has 1 heterocycles. The van der Waals surface area contributed by atoms with Gasteiger partial charge in [-0.05, 0) is 36.1 Å². The van der Waals surface area contributed by atoms with Crippen molar-refractivity contribution < 1.29 is 18.4 Å². The van der Waals surface area contributed by atoms with Crippen LogP contribution in [0, 0.1) is 10.1 Å². The van der Waals surface area contributed by atoms with Crippen molar-refractivity contribution in [2.24, 2.45) is 0 Å². The predicted octanol–water partition coefficient (Wildman–Crippen LogP) is 2.57. The molecule has 1 aliphatic heterocycles. The molecule has 0 aromatic heterocycles. The van der Waals surface area contributed by atoms with E-state index < -0.39 is 20.4 Å². The number of aliphatic hydroxyl groups is 1. The minimum absolute atomic E-state index is 0.175. The van der Waals surface area contributed by atoms with E-state index in [1.165, 1.54) is 18.2 Å². The maximum atomic E-state index is 11.9. The second-order valence-electron chi connectivity index (χ2n) is 7.31. The van der Waals surface area contributed by atoms with E-state index in [0.717, 1.165) is 49.9 Å². The molecule has 2 N–H and O–H groups in total. The van der Waals surface area contributed by atoms with Crippen molar-refractivity contribution in [2.75, 3.05) is 24.7 Å². The minimum atomic E-state index is -3.72. The van der Waals surface area contributed by atoms with Crippen LogP contribution in [0.4, 0.5) is 11.4 Å². The van der Waals surface area contributed by atoms with Gasteiger partial charge in [0, 0.05) is 32.4 Å². The summed E-state index contributed by atoms with van der Waals surface area (Å²) in [4.78, 5) is 12.8. The molecule has 2 aromatic carbocycles. The Hall–Kier alpha value is -2.49. The van der Waals surface area contributed by atoms with Gasteiger partial charge in [0.2, 0.25) is 0 Å². The molecular weight excluding hydrogens is 394 g/mol. The second-order valence-corrected chi connectivity index (χ2v) is 9.30. The first kappa shape index (κ1) is 21.2. The smallest absolute Gasteiger partial charge is 0.310 e. The molecule has 0 spiro atoms. The molecule has 29 heavy (non-hydrogen) atoms. The lowest BCUT2D eigenvalue weighted by Gasteiger charge is -2.30. The predicted molar refractivity (Wildman–Crippen MR) is 110 cm³/mol. The fourth-order valence-electron chi connectivity index (χ4n) is 3.55. The first-order valence-corrected chi connectivity index (χ1v) is 11.3. The summed E-state index contributed by atoms with van der Waals surface area (Å²) in [5.74, 6) is 0. The quantitative estimate of drug-likeness (QED) is 0.524. The highest BCUT2D eigenvalue weighted by Crippen LogP contribution is 2.32. The van der Waals surface area contributed by atoms with Crippen molar-refractivity contribution in [3.05, 3.63) is 63.7 Å². The van der Waals surface area contributed by atoms with Gasteiger partial charge in [-0.25, -0.2) is 8.42 Å². The van der Waals surface area contributed by atoms with Crippen LogP contribution < -0.4 is 5.32 Å². The van der Waals surface area contributed by atoms with Crippen molar-refractivity contribution in [1.29, 1.82) is 0 Å². The summed E-state index contributed by atoms with van der Waals surface area (Å²) >= 11 is 0. The zero-order valence-corrected chi connectivity index (χ0v) is 17.1. The first-order valence-electron chi connectivity index (χ1n) is 9.44. The molecule has 0 radical (unpaired) electrons. The van der Waals surface area contributed by atoms with E-state index in [9.17, 15) is 23.6 Å². The van der Waals surface area contributed by atoms with Crippen LogP contribution in [0.25, 0.3) is 0 Å². The largest absolute Gasteiger partial charge is 0.393 e.